The molecule has 0 saturated heterocycles. The SMILES string of the molecule is C=CC1=C(C)N(Cc2ccccc2)CS1. The first kappa shape index (κ1) is 10.4. The molecule has 1 aliphatic heterocycles. The van der Waals surface area contributed by atoms with Gasteiger partial charge in [0.2, 0.25) is 0 Å². The van der Waals surface area contributed by atoms with Crippen molar-refractivity contribution in [3.8, 4) is 0 Å². The first-order valence-corrected chi connectivity index (χ1v) is 6.05. The Hall–Kier alpha value is -1.15. The van der Waals surface area contributed by atoms with E-state index in [1.54, 1.807) is 0 Å². The van der Waals surface area contributed by atoms with Crippen LogP contribution in [0.3, 0.4) is 0 Å². The van der Waals surface area contributed by atoms with Crippen molar-refractivity contribution < 1.29 is 0 Å². The van der Waals surface area contributed by atoms with Gasteiger partial charge < -0.3 is 4.90 Å². The summed E-state index contributed by atoms with van der Waals surface area (Å²) in [4.78, 5) is 3.70. The van der Waals surface area contributed by atoms with Crippen LogP contribution in [0.4, 0.5) is 0 Å². The lowest BCUT2D eigenvalue weighted by molar-refractivity contribution is 0.403. The maximum atomic E-state index is 3.83. The third kappa shape index (κ3) is 2.26. The average molecular weight is 217 g/mol. The molecule has 15 heavy (non-hydrogen) atoms. The topological polar surface area (TPSA) is 3.24 Å². The number of allylic oxidation sites excluding steroid dienone is 2. The Labute approximate surface area is 95.5 Å². The van der Waals surface area contributed by atoms with Crippen molar-refractivity contribution in [2.45, 2.75) is 13.5 Å². The Morgan fingerprint density at radius 3 is 2.73 bits per heavy atom. The standard InChI is InChI=1S/C13H15NS/c1-3-13-11(2)14(10-15-13)9-12-7-5-4-6-8-12/h3-8H,1,9-10H2,2H3. The minimum atomic E-state index is 0.997. The lowest BCUT2D eigenvalue weighted by Crippen LogP contribution is -2.16. The van der Waals surface area contributed by atoms with Crippen LogP contribution in [0.25, 0.3) is 0 Å². The molecule has 1 aromatic rings. The molecule has 0 unspecified atom stereocenters. The van der Waals surface area contributed by atoms with Gasteiger partial charge in [-0.15, -0.1) is 11.8 Å². The van der Waals surface area contributed by atoms with Crippen molar-refractivity contribution in [1.82, 2.24) is 4.90 Å². The Morgan fingerprint density at radius 2 is 2.13 bits per heavy atom. The largest absolute Gasteiger partial charge is 0.360 e. The van der Waals surface area contributed by atoms with Gasteiger partial charge in [-0.2, -0.15) is 0 Å². The van der Waals surface area contributed by atoms with Crippen LogP contribution < -0.4 is 0 Å². The van der Waals surface area contributed by atoms with Crippen molar-refractivity contribution in [2.75, 3.05) is 5.88 Å². The molecular formula is C13H15NS. The van der Waals surface area contributed by atoms with Crippen LogP contribution in [0, 0.1) is 0 Å². The van der Waals surface area contributed by atoms with Crippen LogP contribution in [0.1, 0.15) is 12.5 Å². The summed E-state index contributed by atoms with van der Waals surface area (Å²) in [5.41, 5.74) is 2.71. The number of thioether (sulfide) groups is 1. The Kier molecular flexibility index (Phi) is 3.17. The highest BCUT2D eigenvalue weighted by molar-refractivity contribution is 8.03. The molecule has 2 heteroatoms. The molecule has 0 amide bonds. The fourth-order valence-corrected chi connectivity index (χ4v) is 2.71. The van der Waals surface area contributed by atoms with Gasteiger partial charge in [0.25, 0.3) is 0 Å². The highest BCUT2D eigenvalue weighted by Gasteiger charge is 2.17. The number of rotatable bonds is 3. The smallest absolute Gasteiger partial charge is 0.0687 e. The van der Waals surface area contributed by atoms with Crippen molar-refractivity contribution >= 4 is 11.8 Å². The Balaban J connectivity index is 2.09. The van der Waals surface area contributed by atoms with Crippen LogP contribution in [0.5, 0.6) is 0 Å². The molecule has 1 heterocycles. The molecule has 0 bridgehead atoms. The monoisotopic (exact) mass is 217 g/mol. The van der Waals surface area contributed by atoms with Crippen LogP contribution in [0.2, 0.25) is 0 Å². The van der Waals surface area contributed by atoms with E-state index in [4.69, 9.17) is 0 Å². The summed E-state index contributed by atoms with van der Waals surface area (Å²) in [6, 6.07) is 10.6. The highest BCUT2D eigenvalue weighted by atomic mass is 32.2. The summed E-state index contributed by atoms with van der Waals surface area (Å²) < 4.78 is 0. The summed E-state index contributed by atoms with van der Waals surface area (Å²) in [5.74, 6) is 1.04. The van der Waals surface area contributed by atoms with Gasteiger partial charge in [0.05, 0.1) is 5.88 Å². The van der Waals surface area contributed by atoms with E-state index in [2.05, 4.69) is 48.7 Å². The second-order valence-corrected chi connectivity index (χ2v) is 4.60. The lowest BCUT2D eigenvalue weighted by Gasteiger charge is -2.18. The van der Waals surface area contributed by atoms with Gasteiger partial charge in [0.15, 0.2) is 0 Å². The van der Waals surface area contributed by atoms with Gasteiger partial charge in [-0.25, -0.2) is 0 Å². The van der Waals surface area contributed by atoms with Gasteiger partial charge in [-0.1, -0.05) is 43.0 Å². The number of benzene rings is 1. The molecule has 0 atom stereocenters. The molecule has 0 saturated carbocycles. The molecule has 1 nitrogen and oxygen atoms in total. The van der Waals surface area contributed by atoms with Crippen LogP contribution in [-0.4, -0.2) is 10.8 Å². The van der Waals surface area contributed by atoms with Crippen LogP contribution >= 0.6 is 11.8 Å². The average Bonchev–Trinajstić information content (AvgIpc) is 2.62. The van der Waals surface area contributed by atoms with E-state index in [0.717, 1.165) is 12.4 Å². The van der Waals surface area contributed by atoms with Crippen molar-refractivity contribution in [3.05, 3.63) is 59.2 Å². The predicted octanol–water partition coefficient (Wildman–Crippen LogP) is 3.61. The summed E-state index contributed by atoms with van der Waals surface area (Å²) in [6.07, 6.45) is 1.95. The number of hydrogen-bond donors (Lipinski definition) is 0. The summed E-state index contributed by atoms with van der Waals surface area (Å²) >= 11 is 1.87. The molecule has 1 aliphatic rings. The van der Waals surface area contributed by atoms with Crippen LogP contribution in [-0.2, 0) is 6.54 Å². The summed E-state index contributed by atoms with van der Waals surface area (Å²) in [6.45, 7) is 6.99. The van der Waals surface area contributed by atoms with E-state index in [0.29, 0.717) is 0 Å². The third-order valence-corrected chi connectivity index (χ3v) is 3.82. The van der Waals surface area contributed by atoms with Gasteiger partial charge in [0.1, 0.15) is 0 Å². The molecule has 2 rings (SSSR count). The fraction of sp³-hybridized carbons (Fsp3) is 0.231. The zero-order chi connectivity index (χ0) is 10.7. The van der Waals surface area contributed by atoms with Gasteiger partial charge >= 0.3 is 0 Å². The van der Waals surface area contributed by atoms with E-state index < -0.39 is 0 Å². The molecule has 0 aliphatic carbocycles. The quantitative estimate of drug-likeness (QED) is 0.761. The van der Waals surface area contributed by atoms with E-state index in [-0.39, 0.29) is 0 Å². The first-order valence-electron chi connectivity index (χ1n) is 5.06. The molecule has 0 fully saturated rings. The molecule has 0 N–H and O–H groups in total. The molecule has 0 aromatic heterocycles. The second-order valence-electron chi connectivity index (χ2n) is 3.61. The highest BCUT2D eigenvalue weighted by Crippen LogP contribution is 2.33. The molecule has 1 aromatic carbocycles. The molecule has 0 spiro atoms. The molecule has 0 radical (unpaired) electrons. The third-order valence-electron chi connectivity index (χ3n) is 2.61. The second kappa shape index (κ2) is 4.58. The van der Waals surface area contributed by atoms with E-state index in [1.165, 1.54) is 16.2 Å². The first-order chi connectivity index (χ1) is 7.31. The fourth-order valence-electron chi connectivity index (χ4n) is 1.68. The maximum Gasteiger partial charge on any atom is 0.0687 e. The van der Waals surface area contributed by atoms with Crippen molar-refractivity contribution in [2.24, 2.45) is 0 Å². The van der Waals surface area contributed by atoms with Crippen molar-refractivity contribution in [1.29, 1.82) is 0 Å². The predicted molar refractivity (Wildman–Crippen MR) is 67.3 cm³/mol. The van der Waals surface area contributed by atoms with Gasteiger partial charge in [0, 0.05) is 17.1 Å². The number of hydrogen-bond acceptors (Lipinski definition) is 2. The lowest BCUT2D eigenvalue weighted by atomic mass is 10.2. The molecular weight excluding hydrogens is 202 g/mol. The van der Waals surface area contributed by atoms with Gasteiger partial charge in [-0.3, -0.25) is 0 Å². The zero-order valence-corrected chi connectivity index (χ0v) is 9.76. The van der Waals surface area contributed by atoms with Gasteiger partial charge in [-0.05, 0) is 12.5 Å². The van der Waals surface area contributed by atoms with E-state index >= 15 is 0 Å². The maximum absolute atomic E-state index is 3.83. The normalized spacial score (nSPS) is 15.9. The summed E-state index contributed by atoms with van der Waals surface area (Å²) in [5, 5.41) is 0. The van der Waals surface area contributed by atoms with E-state index in [9.17, 15) is 0 Å². The number of nitrogens with zero attached hydrogens (tertiary/aromatic N) is 1. The molecule has 78 valence electrons. The minimum absolute atomic E-state index is 0.997. The Morgan fingerprint density at radius 1 is 1.40 bits per heavy atom. The van der Waals surface area contributed by atoms with E-state index in [1.807, 2.05) is 17.8 Å². The zero-order valence-electron chi connectivity index (χ0n) is 8.94. The minimum Gasteiger partial charge on any atom is -0.360 e. The van der Waals surface area contributed by atoms with Crippen LogP contribution in [0.15, 0.2) is 53.6 Å². The summed E-state index contributed by atoms with van der Waals surface area (Å²) in [7, 11) is 0. The Bertz CT molecular complexity index is 381. The van der Waals surface area contributed by atoms with Crippen molar-refractivity contribution in [3.63, 3.8) is 0 Å².